The third-order valence-corrected chi connectivity index (χ3v) is 3.14. The first kappa shape index (κ1) is 13.6. The lowest BCUT2D eigenvalue weighted by atomic mass is 9.83. The molecule has 0 heterocycles. The zero-order valence-corrected chi connectivity index (χ0v) is 10.2. The number of carbonyl (C=O) groups excluding carboxylic acids is 1. The summed E-state index contributed by atoms with van der Waals surface area (Å²) in [6.45, 7) is 8.41. The number of rotatable bonds is 8. The van der Waals surface area contributed by atoms with Crippen molar-refractivity contribution in [3.05, 3.63) is 0 Å². The van der Waals surface area contributed by atoms with E-state index in [2.05, 4.69) is 32.7 Å². The highest BCUT2D eigenvalue weighted by Crippen LogP contribution is 2.24. The van der Waals surface area contributed by atoms with Gasteiger partial charge in [-0.2, -0.15) is 0 Å². The molecule has 0 rings (SSSR count). The van der Waals surface area contributed by atoms with Gasteiger partial charge in [0.1, 0.15) is 6.29 Å². The van der Waals surface area contributed by atoms with Crippen LogP contribution in [0.15, 0.2) is 0 Å². The predicted octanol–water partition coefficient (Wildman–Crippen LogP) is 2.72. The first-order valence-electron chi connectivity index (χ1n) is 5.79. The summed E-state index contributed by atoms with van der Waals surface area (Å²) in [5.74, 6) is 0. The molecule has 0 spiro atoms. The van der Waals surface area contributed by atoms with Crippen molar-refractivity contribution in [1.29, 1.82) is 0 Å². The quantitative estimate of drug-likeness (QED) is 0.560. The van der Waals surface area contributed by atoms with Crippen LogP contribution in [-0.4, -0.2) is 31.3 Å². The van der Waals surface area contributed by atoms with E-state index in [9.17, 15) is 4.79 Å². The Kier molecular flexibility index (Phi) is 6.81. The average Bonchev–Trinajstić information content (AvgIpc) is 2.23. The van der Waals surface area contributed by atoms with E-state index in [1.54, 1.807) is 0 Å². The first-order valence-corrected chi connectivity index (χ1v) is 5.79. The van der Waals surface area contributed by atoms with Gasteiger partial charge in [0.15, 0.2) is 0 Å². The summed E-state index contributed by atoms with van der Waals surface area (Å²) in [7, 11) is 2.11. The highest BCUT2D eigenvalue weighted by Gasteiger charge is 2.26. The van der Waals surface area contributed by atoms with Crippen molar-refractivity contribution in [2.45, 2.75) is 46.5 Å². The molecular formula is C12H25NO. The van der Waals surface area contributed by atoms with Crippen LogP contribution in [0.1, 0.15) is 46.5 Å². The van der Waals surface area contributed by atoms with Crippen molar-refractivity contribution in [3.63, 3.8) is 0 Å². The van der Waals surface area contributed by atoms with Gasteiger partial charge in [-0.1, -0.05) is 27.2 Å². The van der Waals surface area contributed by atoms with Crippen molar-refractivity contribution < 1.29 is 4.79 Å². The number of carbonyl (C=O) groups is 1. The molecule has 0 aromatic rings. The van der Waals surface area contributed by atoms with E-state index in [-0.39, 0.29) is 5.41 Å². The van der Waals surface area contributed by atoms with E-state index >= 15 is 0 Å². The molecular weight excluding hydrogens is 174 g/mol. The van der Waals surface area contributed by atoms with E-state index in [0.717, 1.165) is 32.2 Å². The van der Waals surface area contributed by atoms with Crippen LogP contribution in [0, 0.1) is 5.41 Å². The van der Waals surface area contributed by atoms with Gasteiger partial charge in [0.05, 0.1) is 0 Å². The molecule has 0 saturated heterocycles. The number of hydrogen-bond donors (Lipinski definition) is 0. The Morgan fingerprint density at radius 1 is 1.21 bits per heavy atom. The van der Waals surface area contributed by atoms with Crippen molar-refractivity contribution in [2.24, 2.45) is 5.41 Å². The van der Waals surface area contributed by atoms with Crippen LogP contribution in [0.3, 0.4) is 0 Å². The van der Waals surface area contributed by atoms with Gasteiger partial charge in [-0.05, 0) is 32.9 Å². The van der Waals surface area contributed by atoms with Crippen LogP contribution in [0.25, 0.3) is 0 Å². The fourth-order valence-corrected chi connectivity index (χ4v) is 1.72. The third kappa shape index (κ3) is 4.23. The summed E-state index contributed by atoms with van der Waals surface area (Å²) in [6.07, 6.45) is 5.48. The van der Waals surface area contributed by atoms with Gasteiger partial charge in [0.2, 0.25) is 0 Å². The van der Waals surface area contributed by atoms with Gasteiger partial charge >= 0.3 is 0 Å². The second kappa shape index (κ2) is 6.99. The average molecular weight is 199 g/mol. The van der Waals surface area contributed by atoms with Crippen molar-refractivity contribution in [3.8, 4) is 0 Å². The molecule has 0 N–H and O–H groups in total. The van der Waals surface area contributed by atoms with Crippen LogP contribution >= 0.6 is 0 Å². The normalized spacial score (nSPS) is 12.1. The van der Waals surface area contributed by atoms with Crippen LogP contribution in [0.4, 0.5) is 0 Å². The van der Waals surface area contributed by atoms with Crippen LogP contribution in [-0.2, 0) is 4.79 Å². The fraction of sp³-hybridized carbons (Fsp3) is 0.917. The maximum atomic E-state index is 11.1. The van der Waals surface area contributed by atoms with Gasteiger partial charge in [-0.3, -0.25) is 0 Å². The lowest BCUT2D eigenvalue weighted by Gasteiger charge is -2.30. The Balaban J connectivity index is 4.08. The molecule has 0 amide bonds. The third-order valence-electron chi connectivity index (χ3n) is 3.14. The second-order valence-electron chi connectivity index (χ2n) is 4.28. The molecule has 0 fully saturated rings. The van der Waals surface area contributed by atoms with Gasteiger partial charge in [0.25, 0.3) is 0 Å². The minimum atomic E-state index is -0.109. The molecule has 14 heavy (non-hydrogen) atoms. The highest BCUT2D eigenvalue weighted by atomic mass is 16.1. The summed E-state index contributed by atoms with van der Waals surface area (Å²) in [6, 6.07) is 0. The molecule has 0 radical (unpaired) electrons. The van der Waals surface area contributed by atoms with Gasteiger partial charge in [-0.15, -0.1) is 0 Å². The maximum absolute atomic E-state index is 11.1. The molecule has 0 saturated carbocycles. The zero-order valence-electron chi connectivity index (χ0n) is 10.2. The summed E-state index contributed by atoms with van der Waals surface area (Å²) in [4.78, 5) is 13.4. The Morgan fingerprint density at radius 2 is 1.79 bits per heavy atom. The minimum Gasteiger partial charge on any atom is -0.305 e. The Hall–Kier alpha value is -0.370. The highest BCUT2D eigenvalue weighted by molar-refractivity contribution is 5.59. The van der Waals surface area contributed by atoms with Crippen LogP contribution in [0.2, 0.25) is 0 Å². The monoisotopic (exact) mass is 199 g/mol. The van der Waals surface area contributed by atoms with Gasteiger partial charge < -0.3 is 9.69 Å². The molecule has 0 aromatic heterocycles. The largest absolute Gasteiger partial charge is 0.305 e. The summed E-state index contributed by atoms with van der Waals surface area (Å²) in [5.41, 5.74) is -0.109. The van der Waals surface area contributed by atoms with Crippen molar-refractivity contribution >= 4 is 6.29 Å². The fourth-order valence-electron chi connectivity index (χ4n) is 1.72. The van der Waals surface area contributed by atoms with Crippen LogP contribution in [0.5, 0.6) is 0 Å². The van der Waals surface area contributed by atoms with Crippen molar-refractivity contribution in [1.82, 2.24) is 4.90 Å². The number of hydrogen-bond acceptors (Lipinski definition) is 2. The Morgan fingerprint density at radius 3 is 2.14 bits per heavy atom. The Labute approximate surface area is 88.7 Å². The van der Waals surface area contributed by atoms with E-state index < -0.39 is 0 Å². The van der Waals surface area contributed by atoms with Crippen molar-refractivity contribution in [2.75, 3.05) is 20.1 Å². The van der Waals surface area contributed by atoms with Gasteiger partial charge in [-0.25, -0.2) is 0 Å². The molecule has 0 atom stereocenters. The second-order valence-corrected chi connectivity index (χ2v) is 4.28. The topological polar surface area (TPSA) is 20.3 Å². The minimum absolute atomic E-state index is 0.109. The maximum Gasteiger partial charge on any atom is 0.127 e. The SMILES string of the molecule is CCCCN(C)CC(C=O)(CC)CC. The van der Waals surface area contributed by atoms with E-state index in [0.29, 0.717) is 0 Å². The number of nitrogens with zero attached hydrogens (tertiary/aromatic N) is 1. The summed E-state index contributed by atoms with van der Waals surface area (Å²) < 4.78 is 0. The molecule has 2 heteroatoms. The predicted molar refractivity (Wildman–Crippen MR) is 61.5 cm³/mol. The standard InChI is InChI=1S/C12H25NO/c1-5-8-9-13(4)10-12(6-2,7-3)11-14/h11H,5-10H2,1-4H3. The van der Waals surface area contributed by atoms with E-state index in [4.69, 9.17) is 0 Å². The molecule has 2 nitrogen and oxygen atoms in total. The van der Waals surface area contributed by atoms with E-state index in [1.165, 1.54) is 12.8 Å². The first-order chi connectivity index (χ1) is 6.64. The zero-order chi connectivity index (χ0) is 11.0. The molecule has 0 aliphatic rings. The summed E-state index contributed by atoms with van der Waals surface area (Å²) in [5, 5.41) is 0. The molecule has 0 aliphatic heterocycles. The summed E-state index contributed by atoms with van der Waals surface area (Å²) >= 11 is 0. The van der Waals surface area contributed by atoms with Crippen LogP contribution < -0.4 is 0 Å². The number of unbranched alkanes of at least 4 members (excludes halogenated alkanes) is 1. The lowest BCUT2D eigenvalue weighted by Crippen LogP contribution is -2.36. The smallest absolute Gasteiger partial charge is 0.127 e. The lowest BCUT2D eigenvalue weighted by molar-refractivity contribution is -0.117. The molecule has 0 aromatic carbocycles. The van der Waals surface area contributed by atoms with E-state index in [1.807, 2.05) is 0 Å². The number of aldehydes is 1. The molecule has 0 bridgehead atoms. The van der Waals surface area contributed by atoms with Gasteiger partial charge in [0, 0.05) is 12.0 Å². The Bertz CT molecular complexity index is 152. The molecule has 0 aliphatic carbocycles. The molecule has 84 valence electrons. The molecule has 0 unspecified atom stereocenters.